The first kappa shape index (κ1) is 20.0. The average molecular weight is 384 g/mol. The number of nitrogens with zero attached hydrogens (tertiary/aromatic N) is 1. The fraction of sp³-hybridized carbons (Fsp3) is 0.364. The molecular formula is C22H25FN2O3. The van der Waals surface area contributed by atoms with Crippen molar-refractivity contribution in [2.75, 3.05) is 25.5 Å². The lowest BCUT2D eigenvalue weighted by atomic mass is 9.89. The quantitative estimate of drug-likeness (QED) is 0.768. The summed E-state index contributed by atoms with van der Waals surface area (Å²) in [6.07, 6.45) is 1.70. The molecule has 1 N–H and O–H groups in total. The predicted octanol–water partition coefficient (Wildman–Crippen LogP) is 3.89. The number of piperidine rings is 1. The van der Waals surface area contributed by atoms with E-state index < -0.39 is 5.82 Å². The van der Waals surface area contributed by atoms with Gasteiger partial charge in [-0.05, 0) is 55.3 Å². The summed E-state index contributed by atoms with van der Waals surface area (Å²) in [5.41, 5.74) is 2.20. The summed E-state index contributed by atoms with van der Waals surface area (Å²) in [5, 5.41) is 2.75. The summed E-state index contributed by atoms with van der Waals surface area (Å²) >= 11 is 0. The van der Waals surface area contributed by atoms with Gasteiger partial charge in [0.1, 0.15) is 11.6 Å². The smallest absolute Gasteiger partial charge is 0.221 e. The second-order valence-electron chi connectivity index (χ2n) is 7.16. The van der Waals surface area contributed by atoms with Gasteiger partial charge in [0.25, 0.3) is 0 Å². The third kappa shape index (κ3) is 4.95. The summed E-state index contributed by atoms with van der Waals surface area (Å²) in [7, 11) is 1.49. The van der Waals surface area contributed by atoms with Gasteiger partial charge < -0.3 is 10.1 Å². The molecule has 28 heavy (non-hydrogen) atoms. The molecule has 1 atom stereocenters. The molecule has 5 nitrogen and oxygen atoms in total. The van der Waals surface area contributed by atoms with E-state index in [-0.39, 0.29) is 17.6 Å². The molecule has 2 aromatic rings. The van der Waals surface area contributed by atoms with Gasteiger partial charge in [0.15, 0.2) is 5.78 Å². The van der Waals surface area contributed by atoms with Crippen molar-refractivity contribution < 1.29 is 18.7 Å². The number of benzene rings is 2. The molecule has 3 rings (SSSR count). The zero-order valence-corrected chi connectivity index (χ0v) is 16.2. The van der Waals surface area contributed by atoms with E-state index in [9.17, 15) is 14.0 Å². The van der Waals surface area contributed by atoms with Crippen molar-refractivity contribution >= 4 is 17.4 Å². The number of hydrogen-bond acceptors (Lipinski definition) is 4. The van der Waals surface area contributed by atoms with E-state index in [0.717, 1.165) is 37.2 Å². The highest BCUT2D eigenvalue weighted by molar-refractivity contribution is 6.00. The lowest BCUT2D eigenvalue weighted by Crippen LogP contribution is -2.38. The molecule has 0 aromatic heterocycles. The van der Waals surface area contributed by atoms with Crippen LogP contribution in [-0.4, -0.2) is 36.8 Å². The SMILES string of the molecule is COc1ccc(F)cc1C(=O)[C@@H]1CCCN(Cc2ccc(NC(C)=O)cc2)C1. The van der Waals surface area contributed by atoms with E-state index in [2.05, 4.69) is 10.2 Å². The lowest BCUT2D eigenvalue weighted by Gasteiger charge is -2.32. The molecule has 1 fully saturated rings. The standard InChI is InChI=1S/C22H25FN2O3/c1-15(26)24-19-8-5-16(6-9-19)13-25-11-3-4-17(14-25)22(27)20-12-18(23)7-10-21(20)28-2/h5-10,12,17H,3-4,11,13-14H2,1-2H3,(H,24,26)/t17-/m1/s1. The van der Waals surface area contributed by atoms with Gasteiger partial charge in [-0.1, -0.05) is 12.1 Å². The zero-order valence-electron chi connectivity index (χ0n) is 16.2. The maximum Gasteiger partial charge on any atom is 0.221 e. The molecule has 6 heteroatoms. The van der Waals surface area contributed by atoms with Crippen LogP contribution in [0.3, 0.4) is 0 Å². The molecular weight excluding hydrogens is 359 g/mol. The van der Waals surface area contributed by atoms with E-state index in [1.165, 1.54) is 32.2 Å². The molecule has 1 amide bonds. The summed E-state index contributed by atoms with van der Waals surface area (Å²) in [4.78, 5) is 26.3. The fourth-order valence-electron chi connectivity index (χ4n) is 3.66. The minimum absolute atomic E-state index is 0.0675. The van der Waals surface area contributed by atoms with Gasteiger partial charge in [0.2, 0.25) is 5.91 Å². The van der Waals surface area contributed by atoms with Crippen LogP contribution in [0.1, 0.15) is 35.7 Å². The number of hydrogen-bond donors (Lipinski definition) is 1. The number of ketones is 1. The molecule has 2 aromatic carbocycles. The number of carbonyl (C=O) groups is 2. The highest BCUT2D eigenvalue weighted by Crippen LogP contribution is 2.27. The van der Waals surface area contributed by atoms with Gasteiger partial charge in [-0.2, -0.15) is 0 Å². The van der Waals surface area contributed by atoms with E-state index in [1.54, 1.807) is 0 Å². The van der Waals surface area contributed by atoms with Gasteiger partial charge in [0, 0.05) is 31.6 Å². The Morgan fingerprint density at radius 2 is 1.96 bits per heavy atom. The Morgan fingerprint density at radius 3 is 2.64 bits per heavy atom. The van der Waals surface area contributed by atoms with E-state index >= 15 is 0 Å². The minimum atomic E-state index is -0.434. The fourth-order valence-corrected chi connectivity index (χ4v) is 3.66. The van der Waals surface area contributed by atoms with Crippen molar-refractivity contribution in [1.82, 2.24) is 4.90 Å². The van der Waals surface area contributed by atoms with Gasteiger partial charge in [-0.3, -0.25) is 14.5 Å². The number of carbonyl (C=O) groups excluding carboxylic acids is 2. The molecule has 0 spiro atoms. The molecule has 0 aliphatic carbocycles. The van der Waals surface area contributed by atoms with Crippen LogP contribution in [0.5, 0.6) is 5.75 Å². The number of methoxy groups -OCH3 is 1. The number of nitrogens with one attached hydrogen (secondary N) is 1. The second-order valence-corrected chi connectivity index (χ2v) is 7.16. The highest BCUT2D eigenvalue weighted by atomic mass is 19.1. The minimum Gasteiger partial charge on any atom is -0.496 e. The van der Waals surface area contributed by atoms with Crippen LogP contribution < -0.4 is 10.1 Å². The van der Waals surface area contributed by atoms with Crippen LogP contribution in [0.2, 0.25) is 0 Å². The summed E-state index contributed by atoms with van der Waals surface area (Å²) in [6.45, 7) is 3.75. The van der Waals surface area contributed by atoms with Crippen LogP contribution in [0, 0.1) is 11.7 Å². The normalized spacial score (nSPS) is 17.2. The number of halogens is 1. The molecule has 1 saturated heterocycles. The summed E-state index contributed by atoms with van der Waals surface area (Å²) in [6, 6.07) is 11.8. The topological polar surface area (TPSA) is 58.6 Å². The maximum absolute atomic E-state index is 13.6. The molecule has 1 aliphatic rings. The van der Waals surface area contributed by atoms with Crippen molar-refractivity contribution in [1.29, 1.82) is 0 Å². The molecule has 0 saturated carbocycles. The molecule has 0 bridgehead atoms. The van der Waals surface area contributed by atoms with Crippen LogP contribution in [0.15, 0.2) is 42.5 Å². The van der Waals surface area contributed by atoms with E-state index in [1.807, 2.05) is 24.3 Å². The summed E-state index contributed by atoms with van der Waals surface area (Å²) in [5.74, 6) is -0.365. The van der Waals surface area contributed by atoms with Crippen LogP contribution in [-0.2, 0) is 11.3 Å². The number of amides is 1. The second kappa shape index (κ2) is 8.97. The van der Waals surface area contributed by atoms with Crippen molar-refractivity contribution in [2.24, 2.45) is 5.92 Å². The Hall–Kier alpha value is -2.73. The monoisotopic (exact) mass is 384 g/mol. The largest absolute Gasteiger partial charge is 0.496 e. The Labute approximate surface area is 164 Å². The number of Topliss-reactive ketones (excluding diaryl/α,β-unsaturated/α-hetero) is 1. The molecule has 1 heterocycles. The predicted molar refractivity (Wildman–Crippen MR) is 106 cm³/mol. The lowest BCUT2D eigenvalue weighted by molar-refractivity contribution is -0.114. The number of likely N-dealkylation sites (tertiary alicyclic amines) is 1. The Kier molecular flexibility index (Phi) is 6.41. The highest BCUT2D eigenvalue weighted by Gasteiger charge is 2.28. The van der Waals surface area contributed by atoms with Crippen molar-refractivity contribution in [3.8, 4) is 5.75 Å². The zero-order chi connectivity index (χ0) is 20.1. The molecule has 1 aliphatic heterocycles. The van der Waals surface area contributed by atoms with Crippen molar-refractivity contribution in [2.45, 2.75) is 26.3 Å². The molecule has 0 radical (unpaired) electrons. The van der Waals surface area contributed by atoms with E-state index in [0.29, 0.717) is 17.9 Å². The number of rotatable bonds is 6. The van der Waals surface area contributed by atoms with Crippen LogP contribution in [0.25, 0.3) is 0 Å². The first-order chi connectivity index (χ1) is 13.5. The number of anilines is 1. The van der Waals surface area contributed by atoms with Crippen LogP contribution >= 0.6 is 0 Å². The average Bonchev–Trinajstić information content (AvgIpc) is 2.69. The molecule has 0 unspecified atom stereocenters. The van der Waals surface area contributed by atoms with Gasteiger partial charge in [-0.15, -0.1) is 0 Å². The maximum atomic E-state index is 13.6. The first-order valence-corrected chi connectivity index (χ1v) is 9.43. The first-order valence-electron chi connectivity index (χ1n) is 9.43. The third-order valence-electron chi connectivity index (χ3n) is 4.98. The Morgan fingerprint density at radius 1 is 1.21 bits per heavy atom. The number of ether oxygens (including phenoxy) is 1. The van der Waals surface area contributed by atoms with Gasteiger partial charge in [-0.25, -0.2) is 4.39 Å². The van der Waals surface area contributed by atoms with Crippen LogP contribution in [0.4, 0.5) is 10.1 Å². The van der Waals surface area contributed by atoms with Crippen molar-refractivity contribution in [3.63, 3.8) is 0 Å². The van der Waals surface area contributed by atoms with E-state index in [4.69, 9.17) is 4.74 Å². The Bertz CT molecular complexity index is 851. The third-order valence-corrected chi connectivity index (χ3v) is 4.98. The summed E-state index contributed by atoms with van der Waals surface area (Å²) < 4.78 is 18.9. The Balaban J connectivity index is 1.66. The van der Waals surface area contributed by atoms with Gasteiger partial charge >= 0.3 is 0 Å². The molecule has 148 valence electrons. The van der Waals surface area contributed by atoms with Gasteiger partial charge in [0.05, 0.1) is 12.7 Å². The van der Waals surface area contributed by atoms with Crippen molar-refractivity contribution in [3.05, 3.63) is 59.4 Å².